The Kier molecular flexibility index (Phi) is 3.99. The van der Waals surface area contributed by atoms with Gasteiger partial charge in [-0.25, -0.2) is 4.79 Å². The van der Waals surface area contributed by atoms with E-state index in [9.17, 15) is 9.90 Å². The van der Waals surface area contributed by atoms with Crippen LogP contribution in [-0.4, -0.2) is 16.8 Å². The molecule has 0 aromatic heterocycles. The number of anilines is 1. The van der Waals surface area contributed by atoms with Crippen molar-refractivity contribution in [3.8, 4) is 5.75 Å². The molecule has 0 spiro atoms. The van der Waals surface area contributed by atoms with Crippen molar-refractivity contribution in [2.45, 2.75) is 39.7 Å². The van der Waals surface area contributed by atoms with Crippen molar-refractivity contribution in [3.63, 3.8) is 0 Å². The summed E-state index contributed by atoms with van der Waals surface area (Å²) < 4.78 is 5.11. The van der Waals surface area contributed by atoms with E-state index >= 15 is 0 Å². The standard InChI is InChI=1S/C13H19NO3/c1-5-9-7-6-8-10(11(9)15)14-12(16)17-13(2,3)4/h6-8,15H,5H2,1-4H3,(H,14,16). The summed E-state index contributed by atoms with van der Waals surface area (Å²) in [5.74, 6) is 0.0980. The molecule has 1 aromatic rings. The van der Waals surface area contributed by atoms with Gasteiger partial charge in [-0.3, -0.25) is 5.32 Å². The molecule has 1 aromatic carbocycles. The first kappa shape index (κ1) is 13.4. The van der Waals surface area contributed by atoms with Crippen LogP contribution < -0.4 is 5.32 Å². The highest BCUT2D eigenvalue weighted by molar-refractivity contribution is 5.87. The van der Waals surface area contributed by atoms with E-state index in [0.717, 1.165) is 5.56 Å². The average Bonchev–Trinajstić information content (AvgIpc) is 2.18. The lowest BCUT2D eigenvalue weighted by atomic mass is 10.1. The Morgan fingerprint density at radius 1 is 1.41 bits per heavy atom. The number of phenolic OH excluding ortho intramolecular Hbond substituents is 1. The number of amides is 1. The molecular weight excluding hydrogens is 218 g/mol. The lowest BCUT2D eigenvalue weighted by Crippen LogP contribution is -2.27. The molecule has 0 saturated carbocycles. The first-order valence-corrected chi connectivity index (χ1v) is 5.64. The molecule has 0 aliphatic carbocycles. The summed E-state index contributed by atoms with van der Waals surface area (Å²) >= 11 is 0. The quantitative estimate of drug-likeness (QED) is 0.776. The molecule has 94 valence electrons. The van der Waals surface area contributed by atoms with Crippen LogP contribution in [0, 0.1) is 0 Å². The second-order valence-corrected chi connectivity index (χ2v) is 4.79. The van der Waals surface area contributed by atoms with E-state index < -0.39 is 11.7 Å². The summed E-state index contributed by atoms with van der Waals surface area (Å²) in [6.45, 7) is 7.30. The molecular formula is C13H19NO3. The Morgan fingerprint density at radius 3 is 2.59 bits per heavy atom. The van der Waals surface area contributed by atoms with Crippen LogP contribution in [0.2, 0.25) is 0 Å². The minimum absolute atomic E-state index is 0.0980. The van der Waals surface area contributed by atoms with Crippen molar-refractivity contribution < 1.29 is 14.6 Å². The van der Waals surface area contributed by atoms with E-state index in [0.29, 0.717) is 12.1 Å². The molecule has 17 heavy (non-hydrogen) atoms. The summed E-state index contributed by atoms with van der Waals surface area (Å²) in [5.41, 5.74) is 0.611. The van der Waals surface area contributed by atoms with Crippen LogP contribution in [0.25, 0.3) is 0 Å². The molecule has 0 aliphatic rings. The lowest BCUT2D eigenvalue weighted by Gasteiger charge is -2.20. The third-order valence-electron chi connectivity index (χ3n) is 2.14. The molecule has 0 fully saturated rings. The van der Waals surface area contributed by atoms with Crippen molar-refractivity contribution >= 4 is 11.8 Å². The molecule has 4 nitrogen and oxygen atoms in total. The SMILES string of the molecule is CCc1cccc(NC(=O)OC(C)(C)C)c1O. The second kappa shape index (κ2) is 5.08. The number of para-hydroxylation sites is 1. The van der Waals surface area contributed by atoms with Crippen LogP contribution in [0.1, 0.15) is 33.3 Å². The molecule has 1 rings (SSSR count). The van der Waals surface area contributed by atoms with Crippen molar-refractivity contribution in [2.24, 2.45) is 0 Å². The maximum atomic E-state index is 11.5. The van der Waals surface area contributed by atoms with Crippen molar-refractivity contribution in [1.82, 2.24) is 0 Å². The summed E-state index contributed by atoms with van der Waals surface area (Å²) in [7, 11) is 0. The van der Waals surface area contributed by atoms with Crippen molar-refractivity contribution in [3.05, 3.63) is 23.8 Å². The normalized spacial score (nSPS) is 11.1. The Labute approximate surface area is 102 Å². The summed E-state index contributed by atoms with van der Waals surface area (Å²) in [6, 6.07) is 5.24. The van der Waals surface area contributed by atoms with Gasteiger partial charge in [0.2, 0.25) is 0 Å². The molecule has 0 bridgehead atoms. The molecule has 4 heteroatoms. The summed E-state index contributed by atoms with van der Waals surface area (Å²) in [5, 5.41) is 12.4. The molecule has 0 heterocycles. The number of carbonyl (C=O) groups is 1. The first-order chi connectivity index (χ1) is 7.83. The molecule has 0 aliphatic heterocycles. The third kappa shape index (κ3) is 3.98. The van der Waals surface area contributed by atoms with Gasteiger partial charge in [-0.05, 0) is 38.8 Å². The minimum atomic E-state index is -0.568. The van der Waals surface area contributed by atoms with Gasteiger partial charge in [0, 0.05) is 0 Å². The van der Waals surface area contributed by atoms with Gasteiger partial charge in [-0.1, -0.05) is 19.1 Å². The number of aromatic hydroxyl groups is 1. The number of rotatable bonds is 2. The largest absolute Gasteiger partial charge is 0.505 e. The fraction of sp³-hybridized carbons (Fsp3) is 0.462. The van der Waals surface area contributed by atoms with Crippen LogP contribution in [0.5, 0.6) is 5.75 Å². The first-order valence-electron chi connectivity index (χ1n) is 5.64. The number of carbonyl (C=O) groups excluding carboxylic acids is 1. The van der Waals surface area contributed by atoms with Gasteiger partial charge in [0.1, 0.15) is 11.4 Å². The molecule has 0 atom stereocenters. The Bertz CT molecular complexity index is 408. The molecule has 1 amide bonds. The topological polar surface area (TPSA) is 58.6 Å². The predicted molar refractivity (Wildman–Crippen MR) is 67.3 cm³/mol. The zero-order valence-corrected chi connectivity index (χ0v) is 10.7. The van der Waals surface area contributed by atoms with Gasteiger partial charge in [0.25, 0.3) is 0 Å². The predicted octanol–water partition coefficient (Wildman–Crippen LogP) is 3.30. The van der Waals surface area contributed by atoms with E-state index in [1.807, 2.05) is 13.0 Å². The van der Waals surface area contributed by atoms with Crippen molar-refractivity contribution in [2.75, 3.05) is 5.32 Å². The Morgan fingerprint density at radius 2 is 2.06 bits per heavy atom. The number of hydrogen-bond acceptors (Lipinski definition) is 3. The highest BCUT2D eigenvalue weighted by Gasteiger charge is 2.17. The van der Waals surface area contributed by atoms with Crippen molar-refractivity contribution in [1.29, 1.82) is 0 Å². The third-order valence-corrected chi connectivity index (χ3v) is 2.14. The van der Waals surface area contributed by atoms with Crippen LogP contribution in [0.4, 0.5) is 10.5 Å². The van der Waals surface area contributed by atoms with Gasteiger partial charge in [-0.2, -0.15) is 0 Å². The average molecular weight is 237 g/mol. The van der Waals surface area contributed by atoms with E-state index in [2.05, 4.69) is 5.32 Å². The summed E-state index contributed by atoms with van der Waals surface area (Å²) in [6.07, 6.45) is 0.136. The second-order valence-electron chi connectivity index (χ2n) is 4.79. The van der Waals surface area contributed by atoms with E-state index in [1.165, 1.54) is 0 Å². The fourth-order valence-corrected chi connectivity index (χ4v) is 1.39. The number of aryl methyl sites for hydroxylation is 1. The fourth-order valence-electron chi connectivity index (χ4n) is 1.39. The Hall–Kier alpha value is -1.71. The van der Waals surface area contributed by atoms with Crippen LogP contribution in [0.15, 0.2) is 18.2 Å². The minimum Gasteiger partial charge on any atom is -0.505 e. The zero-order chi connectivity index (χ0) is 13.1. The van der Waals surface area contributed by atoms with Gasteiger partial charge in [-0.15, -0.1) is 0 Å². The number of phenols is 1. The van der Waals surface area contributed by atoms with E-state index in [-0.39, 0.29) is 5.75 Å². The number of hydrogen-bond donors (Lipinski definition) is 2. The monoisotopic (exact) mass is 237 g/mol. The van der Waals surface area contributed by atoms with Gasteiger partial charge in [0.15, 0.2) is 0 Å². The Balaban J connectivity index is 2.79. The molecule has 2 N–H and O–H groups in total. The van der Waals surface area contributed by atoms with Crippen LogP contribution in [0.3, 0.4) is 0 Å². The maximum absolute atomic E-state index is 11.5. The molecule has 0 saturated heterocycles. The molecule has 0 radical (unpaired) electrons. The highest BCUT2D eigenvalue weighted by Crippen LogP contribution is 2.28. The lowest BCUT2D eigenvalue weighted by molar-refractivity contribution is 0.0635. The van der Waals surface area contributed by atoms with E-state index in [1.54, 1.807) is 32.9 Å². The number of benzene rings is 1. The maximum Gasteiger partial charge on any atom is 0.412 e. The number of ether oxygens (including phenoxy) is 1. The smallest absolute Gasteiger partial charge is 0.412 e. The van der Waals surface area contributed by atoms with Gasteiger partial charge < -0.3 is 9.84 Å². The van der Waals surface area contributed by atoms with E-state index in [4.69, 9.17) is 4.74 Å². The number of nitrogens with one attached hydrogen (secondary N) is 1. The van der Waals surface area contributed by atoms with Gasteiger partial charge >= 0.3 is 6.09 Å². The summed E-state index contributed by atoms with van der Waals surface area (Å²) in [4.78, 5) is 11.5. The van der Waals surface area contributed by atoms with Gasteiger partial charge in [0.05, 0.1) is 5.69 Å². The van der Waals surface area contributed by atoms with Crippen LogP contribution in [-0.2, 0) is 11.2 Å². The molecule has 0 unspecified atom stereocenters. The zero-order valence-electron chi connectivity index (χ0n) is 10.7. The van der Waals surface area contributed by atoms with Crippen LogP contribution >= 0.6 is 0 Å². The highest BCUT2D eigenvalue weighted by atomic mass is 16.6.